The van der Waals surface area contributed by atoms with Crippen LogP contribution in [0.1, 0.15) is 0 Å². The summed E-state index contributed by atoms with van der Waals surface area (Å²) in [5.41, 5.74) is 0.0257. The maximum Gasteiger partial charge on any atom is 0.187 e. The van der Waals surface area contributed by atoms with E-state index in [2.05, 4.69) is 0 Å². The third-order valence-corrected chi connectivity index (χ3v) is 1.83. The molecule has 1 rings (SSSR count). The van der Waals surface area contributed by atoms with E-state index in [1.54, 1.807) is 0 Å². The Hall–Kier alpha value is -0.750. The van der Waals surface area contributed by atoms with Crippen molar-refractivity contribution in [1.29, 1.82) is 0 Å². The van der Waals surface area contributed by atoms with Crippen LogP contribution in [0.3, 0.4) is 0 Å². The van der Waals surface area contributed by atoms with Crippen molar-refractivity contribution < 1.29 is 25.2 Å². The molecule has 1 aliphatic rings. The first-order chi connectivity index (χ1) is 5.57. The Kier molecular flexibility index (Phi) is 2.58. The molecule has 0 saturated carbocycles. The van der Waals surface area contributed by atoms with E-state index in [0.29, 0.717) is 0 Å². The van der Waals surface area contributed by atoms with Gasteiger partial charge in [-0.25, -0.2) is 0 Å². The van der Waals surface area contributed by atoms with Gasteiger partial charge in [-0.3, -0.25) is 4.79 Å². The second-order valence-electron chi connectivity index (χ2n) is 2.66. The van der Waals surface area contributed by atoms with Crippen LogP contribution in [0.4, 0.5) is 0 Å². The van der Waals surface area contributed by atoms with Gasteiger partial charge in [0, 0.05) is 0 Å². The van der Waals surface area contributed by atoms with Crippen molar-refractivity contribution >= 4 is 5.78 Å². The van der Waals surface area contributed by atoms with Gasteiger partial charge in [-0.2, -0.15) is 0 Å². The Balaban J connectivity index is 2.91. The zero-order valence-corrected chi connectivity index (χ0v) is 6.21. The summed E-state index contributed by atoms with van der Waals surface area (Å²) in [6, 6.07) is 0. The van der Waals surface area contributed by atoms with Gasteiger partial charge in [-0.1, -0.05) is 0 Å². The lowest BCUT2D eigenvalue weighted by Crippen LogP contribution is -2.46. The second kappa shape index (κ2) is 3.32. The standard InChI is InChI=1S/C7H10O5/c8-2-3-1-4(9)6(11)7(12)5(3)10/h1,5-8,10-12H,2H2/t5-,6+,7+/m1/s1. The van der Waals surface area contributed by atoms with E-state index in [1.165, 1.54) is 0 Å². The molecular weight excluding hydrogens is 164 g/mol. The van der Waals surface area contributed by atoms with Crippen LogP contribution in [0.2, 0.25) is 0 Å². The highest BCUT2D eigenvalue weighted by Crippen LogP contribution is 2.16. The van der Waals surface area contributed by atoms with Crippen LogP contribution in [0.5, 0.6) is 0 Å². The molecular formula is C7H10O5. The average molecular weight is 174 g/mol. The number of ketones is 1. The molecule has 0 heterocycles. The van der Waals surface area contributed by atoms with E-state index in [0.717, 1.165) is 6.08 Å². The van der Waals surface area contributed by atoms with Gasteiger partial charge in [0.15, 0.2) is 5.78 Å². The van der Waals surface area contributed by atoms with Gasteiger partial charge >= 0.3 is 0 Å². The summed E-state index contributed by atoms with van der Waals surface area (Å²) >= 11 is 0. The highest BCUT2D eigenvalue weighted by atomic mass is 16.4. The topological polar surface area (TPSA) is 98.0 Å². The monoisotopic (exact) mass is 174 g/mol. The molecule has 12 heavy (non-hydrogen) atoms. The second-order valence-corrected chi connectivity index (χ2v) is 2.66. The van der Waals surface area contributed by atoms with Gasteiger partial charge in [0.1, 0.15) is 18.3 Å². The van der Waals surface area contributed by atoms with Gasteiger partial charge in [0.05, 0.1) is 6.61 Å². The van der Waals surface area contributed by atoms with E-state index < -0.39 is 30.7 Å². The number of hydrogen-bond donors (Lipinski definition) is 4. The Morgan fingerprint density at radius 1 is 1.25 bits per heavy atom. The van der Waals surface area contributed by atoms with Crippen molar-refractivity contribution in [3.05, 3.63) is 11.6 Å². The number of hydrogen-bond acceptors (Lipinski definition) is 5. The first kappa shape index (κ1) is 9.34. The normalized spacial score (nSPS) is 36.5. The summed E-state index contributed by atoms with van der Waals surface area (Å²) in [6.07, 6.45) is -3.54. The maximum absolute atomic E-state index is 10.8. The van der Waals surface area contributed by atoms with Crippen molar-refractivity contribution in [1.82, 2.24) is 0 Å². The molecule has 0 aromatic carbocycles. The molecule has 0 radical (unpaired) electrons. The van der Waals surface area contributed by atoms with Crippen LogP contribution in [-0.2, 0) is 4.79 Å². The first-order valence-electron chi connectivity index (χ1n) is 3.47. The van der Waals surface area contributed by atoms with Crippen LogP contribution >= 0.6 is 0 Å². The van der Waals surface area contributed by atoms with Gasteiger partial charge in [-0.15, -0.1) is 0 Å². The smallest absolute Gasteiger partial charge is 0.187 e. The van der Waals surface area contributed by atoms with Crippen LogP contribution < -0.4 is 0 Å². The predicted molar refractivity (Wildman–Crippen MR) is 38.2 cm³/mol. The third-order valence-electron chi connectivity index (χ3n) is 1.83. The highest BCUT2D eigenvalue weighted by molar-refractivity contribution is 5.95. The fraction of sp³-hybridized carbons (Fsp3) is 0.571. The van der Waals surface area contributed by atoms with E-state index in [1.807, 2.05) is 0 Å². The zero-order valence-electron chi connectivity index (χ0n) is 6.21. The predicted octanol–water partition coefficient (Wildman–Crippen LogP) is -2.43. The fourth-order valence-corrected chi connectivity index (χ4v) is 1.05. The quantitative estimate of drug-likeness (QED) is 0.354. The van der Waals surface area contributed by atoms with Crippen molar-refractivity contribution in [2.24, 2.45) is 0 Å². The molecule has 0 aromatic rings. The third kappa shape index (κ3) is 1.39. The van der Waals surface area contributed by atoms with Gasteiger partial charge in [-0.05, 0) is 11.6 Å². The number of carbonyl (C=O) groups is 1. The van der Waals surface area contributed by atoms with Crippen molar-refractivity contribution in [3.8, 4) is 0 Å². The van der Waals surface area contributed by atoms with E-state index in [4.69, 9.17) is 20.4 Å². The molecule has 0 fully saturated rings. The average Bonchev–Trinajstić information content (AvgIpc) is 2.08. The minimum absolute atomic E-state index is 0.0257. The van der Waals surface area contributed by atoms with Crippen molar-refractivity contribution in [3.63, 3.8) is 0 Å². The lowest BCUT2D eigenvalue weighted by molar-refractivity contribution is -0.134. The molecule has 0 amide bonds. The summed E-state index contributed by atoms with van der Waals surface area (Å²) in [5, 5.41) is 35.7. The highest BCUT2D eigenvalue weighted by Gasteiger charge is 2.35. The van der Waals surface area contributed by atoms with Gasteiger partial charge in [0.2, 0.25) is 0 Å². The van der Waals surface area contributed by atoms with Crippen LogP contribution in [0.25, 0.3) is 0 Å². The van der Waals surface area contributed by atoms with E-state index in [9.17, 15) is 4.79 Å². The Morgan fingerprint density at radius 3 is 2.33 bits per heavy atom. The molecule has 4 N–H and O–H groups in total. The minimum Gasteiger partial charge on any atom is -0.392 e. The summed E-state index contributed by atoms with van der Waals surface area (Å²) in [5.74, 6) is -0.697. The molecule has 0 unspecified atom stereocenters. The lowest BCUT2D eigenvalue weighted by atomic mass is 9.91. The molecule has 0 bridgehead atoms. The minimum atomic E-state index is -1.59. The van der Waals surface area contributed by atoms with Crippen molar-refractivity contribution in [2.45, 2.75) is 18.3 Å². The van der Waals surface area contributed by atoms with Crippen LogP contribution in [0, 0.1) is 0 Å². The van der Waals surface area contributed by atoms with E-state index in [-0.39, 0.29) is 5.57 Å². The Bertz CT molecular complexity index is 222. The Labute approximate surface area is 68.6 Å². The first-order valence-corrected chi connectivity index (χ1v) is 3.47. The fourth-order valence-electron chi connectivity index (χ4n) is 1.05. The van der Waals surface area contributed by atoms with Crippen molar-refractivity contribution in [2.75, 3.05) is 6.61 Å². The van der Waals surface area contributed by atoms with Gasteiger partial charge in [0.25, 0.3) is 0 Å². The Morgan fingerprint density at radius 2 is 1.83 bits per heavy atom. The molecule has 0 aliphatic heterocycles. The summed E-state index contributed by atoms with van der Waals surface area (Å²) in [4.78, 5) is 10.8. The maximum atomic E-state index is 10.8. The molecule has 5 heteroatoms. The molecule has 0 aromatic heterocycles. The van der Waals surface area contributed by atoms with Gasteiger partial charge < -0.3 is 20.4 Å². The molecule has 68 valence electrons. The number of rotatable bonds is 1. The summed E-state index contributed by atoms with van der Waals surface area (Å²) in [7, 11) is 0. The number of carbonyl (C=O) groups excluding carboxylic acids is 1. The SMILES string of the molecule is O=C1C=C(CO)[C@@H](O)[C@H](O)[C@H]1O. The largest absolute Gasteiger partial charge is 0.392 e. The van der Waals surface area contributed by atoms with E-state index >= 15 is 0 Å². The number of aliphatic hydroxyl groups is 4. The molecule has 0 saturated heterocycles. The van der Waals surface area contributed by atoms with Crippen LogP contribution in [0.15, 0.2) is 11.6 Å². The summed E-state index contributed by atoms with van der Waals surface area (Å²) in [6.45, 7) is -0.503. The molecule has 1 aliphatic carbocycles. The van der Waals surface area contributed by atoms with Crippen LogP contribution in [-0.4, -0.2) is 51.1 Å². The molecule has 3 atom stereocenters. The lowest BCUT2D eigenvalue weighted by Gasteiger charge is -2.26. The zero-order chi connectivity index (χ0) is 9.30. The number of aliphatic hydroxyl groups excluding tert-OH is 4. The summed E-state index contributed by atoms with van der Waals surface area (Å²) < 4.78 is 0. The molecule has 5 nitrogen and oxygen atoms in total. The molecule has 0 spiro atoms.